The third-order valence-electron chi connectivity index (χ3n) is 2.95. The molecule has 5 nitrogen and oxygen atoms in total. The highest BCUT2D eigenvalue weighted by molar-refractivity contribution is 7.89. The number of rotatable bonds is 7. The molecule has 0 saturated heterocycles. The molecule has 0 unspecified atom stereocenters. The maximum absolute atomic E-state index is 11.3. The number of nitrogens with zero attached hydrogens (tertiary/aromatic N) is 1. The van der Waals surface area contributed by atoms with E-state index < -0.39 is 10.0 Å². The van der Waals surface area contributed by atoms with Crippen LogP contribution in [-0.4, -0.2) is 32.8 Å². The van der Waals surface area contributed by atoms with Crippen molar-refractivity contribution in [3.63, 3.8) is 0 Å². The lowest BCUT2D eigenvalue weighted by Gasteiger charge is -2.02. The van der Waals surface area contributed by atoms with E-state index in [0.29, 0.717) is 13.0 Å². The van der Waals surface area contributed by atoms with E-state index in [1.54, 1.807) is 25.4 Å². The van der Waals surface area contributed by atoms with Crippen molar-refractivity contribution in [1.82, 2.24) is 9.71 Å². The molecule has 1 N–H and O–H groups in total. The summed E-state index contributed by atoms with van der Waals surface area (Å²) in [5.41, 5.74) is 1.89. The summed E-state index contributed by atoms with van der Waals surface area (Å²) in [6, 6.07) is 7.72. The summed E-state index contributed by atoms with van der Waals surface area (Å²) in [7, 11) is -1.50. The third kappa shape index (κ3) is 4.52. The van der Waals surface area contributed by atoms with Gasteiger partial charge in [0.2, 0.25) is 10.0 Å². The van der Waals surface area contributed by atoms with Gasteiger partial charge >= 0.3 is 0 Å². The van der Waals surface area contributed by atoms with Crippen LogP contribution >= 0.6 is 11.3 Å². The number of hydrogen-bond acceptors (Lipinski definition) is 5. The second-order valence-corrected chi connectivity index (χ2v) is 7.38. The molecule has 1 aromatic heterocycles. The van der Waals surface area contributed by atoms with E-state index in [1.807, 2.05) is 29.6 Å². The number of aromatic nitrogens is 1. The molecule has 0 spiro atoms. The zero-order chi connectivity index (χ0) is 15.3. The zero-order valence-corrected chi connectivity index (χ0v) is 13.6. The Bertz CT molecular complexity index is 696. The number of sulfonamides is 1. The maximum atomic E-state index is 11.3. The van der Waals surface area contributed by atoms with Crippen molar-refractivity contribution >= 4 is 21.4 Å². The lowest BCUT2D eigenvalue weighted by molar-refractivity contribution is 0.415. The first kappa shape index (κ1) is 15.9. The number of benzene rings is 1. The molecule has 7 heteroatoms. The van der Waals surface area contributed by atoms with Crippen molar-refractivity contribution in [2.45, 2.75) is 13.3 Å². The molecule has 0 radical (unpaired) electrons. The normalized spacial score (nSPS) is 11.5. The molecule has 0 aliphatic heterocycles. The topological polar surface area (TPSA) is 68.3 Å². The molecule has 0 bridgehead atoms. The molecule has 0 aliphatic carbocycles. The molecule has 1 aromatic carbocycles. The molecular formula is C14H18N2O3S2. The molecule has 114 valence electrons. The highest BCUT2D eigenvalue weighted by atomic mass is 32.2. The third-order valence-corrected chi connectivity index (χ3v) is 5.30. The first-order valence-electron chi connectivity index (χ1n) is 6.60. The van der Waals surface area contributed by atoms with Crippen LogP contribution in [-0.2, 0) is 16.4 Å². The predicted molar refractivity (Wildman–Crippen MR) is 85.3 cm³/mol. The smallest absolute Gasteiger partial charge is 0.211 e. The Kier molecular flexibility index (Phi) is 5.33. The van der Waals surface area contributed by atoms with Crippen LogP contribution in [0.25, 0.3) is 10.6 Å². The van der Waals surface area contributed by atoms with Crippen LogP contribution in [0.5, 0.6) is 5.75 Å². The number of methoxy groups -OCH3 is 1. The molecule has 0 saturated carbocycles. The van der Waals surface area contributed by atoms with Crippen molar-refractivity contribution in [2.24, 2.45) is 0 Å². The zero-order valence-electron chi connectivity index (χ0n) is 12.0. The summed E-state index contributed by atoms with van der Waals surface area (Å²) in [5.74, 6) is 0.888. The Balaban J connectivity index is 2.01. The predicted octanol–water partition coefficient (Wildman–Crippen LogP) is 2.30. The molecule has 0 atom stereocenters. The largest absolute Gasteiger partial charge is 0.497 e. The Morgan fingerprint density at radius 1 is 1.38 bits per heavy atom. The molecule has 0 fully saturated rings. The average Bonchev–Trinajstić information content (AvgIpc) is 2.96. The quantitative estimate of drug-likeness (QED) is 0.848. The van der Waals surface area contributed by atoms with Crippen LogP contribution in [0, 0.1) is 0 Å². The Morgan fingerprint density at radius 2 is 2.19 bits per heavy atom. The lowest BCUT2D eigenvalue weighted by Crippen LogP contribution is -2.27. The molecule has 1 heterocycles. The van der Waals surface area contributed by atoms with Gasteiger partial charge in [0.1, 0.15) is 10.8 Å². The summed E-state index contributed by atoms with van der Waals surface area (Å²) >= 11 is 1.54. The van der Waals surface area contributed by atoms with Crippen LogP contribution in [0.1, 0.15) is 12.6 Å². The van der Waals surface area contributed by atoms with Gasteiger partial charge in [-0.2, -0.15) is 0 Å². The number of nitrogens with one attached hydrogen (secondary N) is 1. The first-order chi connectivity index (χ1) is 10.0. The summed E-state index contributed by atoms with van der Waals surface area (Å²) < 4.78 is 30.4. The van der Waals surface area contributed by atoms with Gasteiger partial charge in [-0.25, -0.2) is 18.1 Å². The molecule has 2 rings (SSSR count). The second kappa shape index (κ2) is 7.02. The summed E-state index contributed by atoms with van der Waals surface area (Å²) in [4.78, 5) is 4.53. The van der Waals surface area contributed by atoms with E-state index in [4.69, 9.17) is 4.74 Å². The highest BCUT2D eigenvalue weighted by Gasteiger charge is 2.08. The van der Waals surface area contributed by atoms with E-state index in [2.05, 4.69) is 9.71 Å². The fraction of sp³-hybridized carbons (Fsp3) is 0.357. The van der Waals surface area contributed by atoms with Crippen LogP contribution in [0.15, 0.2) is 29.6 Å². The monoisotopic (exact) mass is 326 g/mol. The fourth-order valence-corrected chi connectivity index (χ4v) is 3.22. The lowest BCUT2D eigenvalue weighted by atomic mass is 10.2. The number of ether oxygens (including phenoxy) is 1. The second-order valence-electron chi connectivity index (χ2n) is 4.42. The van der Waals surface area contributed by atoms with Crippen LogP contribution < -0.4 is 9.46 Å². The Hall–Kier alpha value is -1.44. The van der Waals surface area contributed by atoms with E-state index in [-0.39, 0.29) is 5.75 Å². The van der Waals surface area contributed by atoms with Crippen molar-refractivity contribution in [3.8, 4) is 16.3 Å². The number of thiazole rings is 1. The van der Waals surface area contributed by atoms with E-state index in [1.165, 1.54) is 0 Å². The van der Waals surface area contributed by atoms with Gasteiger partial charge in [0.05, 0.1) is 18.6 Å². The molecular weight excluding hydrogens is 308 g/mol. The van der Waals surface area contributed by atoms with Gasteiger partial charge in [-0.15, -0.1) is 11.3 Å². The van der Waals surface area contributed by atoms with Crippen LogP contribution in [0.3, 0.4) is 0 Å². The molecule has 2 aromatic rings. The van der Waals surface area contributed by atoms with Gasteiger partial charge in [0.25, 0.3) is 0 Å². The SMILES string of the molecule is CCS(=O)(=O)NCCc1csc(-c2cccc(OC)c2)n1. The molecule has 0 amide bonds. The van der Waals surface area contributed by atoms with E-state index >= 15 is 0 Å². The van der Waals surface area contributed by atoms with E-state index in [0.717, 1.165) is 22.0 Å². The van der Waals surface area contributed by atoms with E-state index in [9.17, 15) is 8.42 Å². The summed E-state index contributed by atoms with van der Waals surface area (Å²) in [5, 5.41) is 2.86. The van der Waals surface area contributed by atoms with Crippen molar-refractivity contribution in [2.75, 3.05) is 19.4 Å². The van der Waals surface area contributed by atoms with Gasteiger partial charge in [-0.1, -0.05) is 12.1 Å². The minimum atomic E-state index is -3.13. The van der Waals surface area contributed by atoms with Crippen LogP contribution in [0.4, 0.5) is 0 Å². The van der Waals surface area contributed by atoms with Gasteiger partial charge in [0.15, 0.2) is 0 Å². The molecule has 21 heavy (non-hydrogen) atoms. The average molecular weight is 326 g/mol. The standard InChI is InChI=1S/C14H18N2O3S2/c1-3-21(17,18)15-8-7-12-10-20-14(16-12)11-5-4-6-13(9-11)19-2/h4-6,9-10,15H,3,7-8H2,1-2H3. The van der Waals surface area contributed by atoms with Crippen molar-refractivity contribution in [1.29, 1.82) is 0 Å². The summed E-state index contributed by atoms with van der Waals surface area (Å²) in [6.45, 7) is 1.99. The van der Waals surface area contributed by atoms with Gasteiger partial charge in [-0.05, 0) is 19.1 Å². The maximum Gasteiger partial charge on any atom is 0.211 e. The van der Waals surface area contributed by atoms with Crippen LogP contribution in [0.2, 0.25) is 0 Å². The van der Waals surface area contributed by atoms with Gasteiger partial charge < -0.3 is 4.74 Å². The van der Waals surface area contributed by atoms with Crippen molar-refractivity contribution < 1.29 is 13.2 Å². The minimum absolute atomic E-state index is 0.0964. The Morgan fingerprint density at radius 3 is 2.90 bits per heavy atom. The molecule has 0 aliphatic rings. The van der Waals surface area contributed by atoms with Gasteiger partial charge in [0, 0.05) is 23.9 Å². The highest BCUT2D eigenvalue weighted by Crippen LogP contribution is 2.26. The number of hydrogen-bond donors (Lipinski definition) is 1. The fourth-order valence-electron chi connectivity index (χ4n) is 1.75. The summed E-state index contributed by atoms with van der Waals surface area (Å²) in [6.07, 6.45) is 0.583. The van der Waals surface area contributed by atoms with Gasteiger partial charge in [-0.3, -0.25) is 0 Å². The first-order valence-corrected chi connectivity index (χ1v) is 9.13. The Labute approximate surface area is 129 Å². The van der Waals surface area contributed by atoms with Crippen molar-refractivity contribution in [3.05, 3.63) is 35.3 Å². The minimum Gasteiger partial charge on any atom is -0.497 e.